The van der Waals surface area contributed by atoms with Crippen LogP contribution in [-0.4, -0.2) is 46.4 Å². The van der Waals surface area contributed by atoms with Gasteiger partial charge in [-0.3, -0.25) is 19.2 Å². The fourth-order valence-corrected chi connectivity index (χ4v) is 6.62. The van der Waals surface area contributed by atoms with Gasteiger partial charge in [-0.25, -0.2) is 5.48 Å². The molecule has 3 amide bonds. The number of nitrogens with zero attached hydrogens (tertiary/aromatic N) is 1. The molecule has 1 aliphatic heterocycles. The van der Waals surface area contributed by atoms with Gasteiger partial charge in [0.1, 0.15) is 6.61 Å². The molecular weight excluding hydrogens is 601 g/mol. The maximum atomic E-state index is 14.3. The molecule has 0 spiro atoms. The number of hydrogen-bond donors (Lipinski definition) is 3. The van der Waals surface area contributed by atoms with E-state index < -0.39 is 42.5 Å². The van der Waals surface area contributed by atoms with Crippen LogP contribution in [0.3, 0.4) is 0 Å². The van der Waals surface area contributed by atoms with Crippen molar-refractivity contribution < 1.29 is 24.3 Å². The summed E-state index contributed by atoms with van der Waals surface area (Å²) in [6.45, 7) is -0.563. The molecule has 0 radical (unpaired) electrons. The van der Waals surface area contributed by atoms with Crippen molar-refractivity contribution in [2.45, 2.75) is 56.3 Å². The number of halogens is 3. The third kappa shape index (κ3) is 6.43. The summed E-state index contributed by atoms with van der Waals surface area (Å²) >= 11 is 19.0. The highest BCUT2D eigenvalue weighted by Crippen LogP contribution is 2.47. The summed E-state index contributed by atoms with van der Waals surface area (Å²) < 4.78 is 0. The van der Waals surface area contributed by atoms with Crippen molar-refractivity contribution in [3.63, 3.8) is 0 Å². The molecule has 3 aromatic carbocycles. The molecule has 0 unspecified atom stereocenters. The Morgan fingerprint density at radius 3 is 2.38 bits per heavy atom. The van der Waals surface area contributed by atoms with Gasteiger partial charge in [0.2, 0.25) is 5.91 Å². The highest BCUT2D eigenvalue weighted by molar-refractivity contribution is 6.35. The molecule has 4 atom stereocenters. The van der Waals surface area contributed by atoms with Gasteiger partial charge in [-0.15, -0.1) is 0 Å². The van der Waals surface area contributed by atoms with Gasteiger partial charge >= 0.3 is 0 Å². The summed E-state index contributed by atoms with van der Waals surface area (Å²) in [5, 5.41) is 13.6. The number of hydroxylamine groups is 1. The van der Waals surface area contributed by atoms with Gasteiger partial charge in [0.15, 0.2) is 0 Å². The zero-order valence-electron chi connectivity index (χ0n) is 22.6. The van der Waals surface area contributed by atoms with Gasteiger partial charge in [-0.2, -0.15) is 0 Å². The zero-order chi connectivity index (χ0) is 29.8. The van der Waals surface area contributed by atoms with Crippen LogP contribution in [0.1, 0.15) is 64.7 Å². The van der Waals surface area contributed by atoms with Crippen molar-refractivity contribution in [1.82, 2.24) is 15.7 Å². The summed E-state index contributed by atoms with van der Waals surface area (Å²) in [5.74, 6) is -2.17. The summed E-state index contributed by atoms with van der Waals surface area (Å²) in [7, 11) is 0. The lowest BCUT2D eigenvalue weighted by Gasteiger charge is -2.49. The van der Waals surface area contributed by atoms with Gasteiger partial charge in [-0.1, -0.05) is 84.0 Å². The summed E-state index contributed by atoms with van der Waals surface area (Å²) in [6.07, 6.45) is 2.88. The van der Waals surface area contributed by atoms with E-state index in [1.807, 2.05) is 0 Å². The molecule has 1 aliphatic carbocycles. The number of benzene rings is 3. The number of aliphatic hydroxyl groups excluding tert-OH is 1. The van der Waals surface area contributed by atoms with Gasteiger partial charge in [0.05, 0.1) is 24.6 Å². The van der Waals surface area contributed by atoms with Crippen molar-refractivity contribution in [3.8, 4) is 0 Å². The molecule has 11 heteroatoms. The smallest absolute Gasteiger partial charge is 0.255 e. The second kappa shape index (κ2) is 13.4. The standard InChI is InChI=1S/C31H30Cl3N3O5/c32-19-11-9-18(10-12-19)17-42-36-30(40)28-21-5-1-2-6-22(21)31(41)37(29(28)23-14-13-20(33)15-24(23)34)26-8-4-3-7-25(26)35-27(39)16-38/h1-2,5-6,9-15,25-26,28-29,38H,3-4,7-8,16-17H2,(H,35,39)(H,36,40)/t25-,26-,28+,29-/m0/s1. The minimum Gasteiger partial charge on any atom is -0.387 e. The van der Waals surface area contributed by atoms with E-state index in [2.05, 4.69) is 10.8 Å². The van der Waals surface area contributed by atoms with Crippen LogP contribution in [0, 0.1) is 0 Å². The normalized spacial score (nSPS) is 21.9. The fourth-order valence-electron chi connectivity index (χ4n) is 5.97. The van der Waals surface area contributed by atoms with Crippen molar-refractivity contribution >= 4 is 52.5 Å². The maximum Gasteiger partial charge on any atom is 0.255 e. The second-order valence-electron chi connectivity index (χ2n) is 10.5. The lowest BCUT2D eigenvalue weighted by Crippen LogP contribution is -2.59. The SMILES string of the molecule is O=C(CO)N[C@H]1CCCC[C@@H]1N1C(=O)c2ccccc2[C@@H](C(=O)NOCc2ccc(Cl)cc2)[C@@H]1c1ccc(Cl)cc1Cl. The number of hydrogen-bond acceptors (Lipinski definition) is 5. The molecule has 3 N–H and O–H groups in total. The lowest BCUT2D eigenvalue weighted by atomic mass is 9.76. The number of nitrogens with one attached hydrogen (secondary N) is 2. The molecule has 8 nitrogen and oxygen atoms in total. The molecule has 42 heavy (non-hydrogen) atoms. The molecular formula is C31H30Cl3N3O5. The lowest BCUT2D eigenvalue weighted by molar-refractivity contribution is -0.138. The van der Waals surface area contributed by atoms with Crippen molar-refractivity contribution in [2.24, 2.45) is 0 Å². The number of carbonyl (C=O) groups excluding carboxylic acids is 3. The minimum atomic E-state index is -0.904. The maximum absolute atomic E-state index is 14.3. The van der Waals surface area contributed by atoms with Crippen molar-refractivity contribution in [1.29, 1.82) is 0 Å². The van der Waals surface area contributed by atoms with Crippen LogP contribution in [0.4, 0.5) is 0 Å². The highest BCUT2D eigenvalue weighted by Gasteiger charge is 2.49. The zero-order valence-corrected chi connectivity index (χ0v) is 24.8. The predicted molar refractivity (Wildman–Crippen MR) is 160 cm³/mol. The first-order valence-corrected chi connectivity index (χ1v) is 14.8. The average Bonchev–Trinajstić information content (AvgIpc) is 2.98. The topological polar surface area (TPSA) is 108 Å². The second-order valence-corrected chi connectivity index (χ2v) is 11.7. The number of fused-ring (bicyclic) bond motifs is 1. The van der Waals surface area contributed by atoms with Crippen molar-refractivity contribution in [2.75, 3.05) is 6.61 Å². The van der Waals surface area contributed by atoms with Gasteiger partial charge in [-0.05, 0) is 59.9 Å². The quantitative estimate of drug-likeness (QED) is 0.281. The Balaban J connectivity index is 1.57. The number of aliphatic hydroxyl groups is 1. The van der Waals surface area contributed by atoms with Crippen LogP contribution in [-0.2, 0) is 21.0 Å². The number of carbonyl (C=O) groups is 3. The van der Waals surface area contributed by atoms with Crippen molar-refractivity contribution in [3.05, 3.63) is 104 Å². The average molecular weight is 631 g/mol. The third-order valence-corrected chi connectivity index (χ3v) is 8.66. The first-order chi connectivity index (χ1) is 20.3. The monoisotopic (exact) mass is 629 g/mol. The Labute approximate surface area is 258 Å². The predicted octanol–water partition coefficient (Wildman–Crippen LogP) is 5.60. The highest BCUT2D eigenvalue weighted by atomic mass is 35.5. The summed E-state index contributed by atoms with van der Waals surface area (Å²) in [5.41, 5.74) is 4.87. The van der Waals surface area contributed by atoms with E-state index in [1.165, 1.54) is 0 Å². The Morgan fingerprint density at radius 2 is 1.64 bits per heavy atom. The molecule has 3 aromatic rings. The van der Waals surface area contributed by atoms with Gasteiger partial charge < -0.3 is 15.3 Å². The van der Waals surface area contributed by atoms with Crippen LogP contribution in [0.15, 0.2) is 66.7 Å². The van der Waals surface area contributed by atoms with E-state index in [1.54, 1.807) is 71.6 Å². The molecule has 0 saturated heterocycles. The van der Waals surface area contributed by atoms with Crippen LogP contribution < -0.4 is 10.8 Å². The summed E-state index contributed by atoms with van der Waals surface area (Å²) in [6, 6.07) is 17.3. The van der Waals surface area contributed by atoms with E-state index in [0.717, 1.165) is 18.4 Å². The van der Waals surface area contributed by atoms with E-state index in [4.69, 9.17) is 39.6 Å². The van der Waals surface area contributed by atoms with Crippen LogP contribution in [0.5, 0.6) is 0 Å². The molecule has 0 aromatic heterocycles. The Kier molecular flexibility index (Phi) is 9.70. The molecule has 2 aliphatic rings. The first-order valence-electron chi connectivity index (χ1n) is 13.7. The molecule has 1 heterocycles. The van der Waals surface area contributed by atoms with Crippen LogP contribution >= 0.6 is 34.8 Å². The van der Waals surface area contributed by atoms with E-state index in [9.17, 15) is 19.5 Å². The largest absolute Gasteiger partial charge is 0.387 e. The summed E-state index contributed by atoms with van der Waals surface area (Å²) in [4.78, 5) is 47.9. The minimum absolute atomic E-state index is 0.101. The Hall–Kier alpha value is -3.14. The molecule has 1 saturated carbocycles. The molecule has 1 fully saturated rings. The fraction of sp³-hybridized carbons (Fsp3) is 0.323. The van der Waals surface area contributed by atoms with Gasteiger partial charge in [0, 0.05) is 26.7 Å². The first kappa shape index (κ1) is 30.3. The Bertz CT molecular complexity index is 1470. The number of amides is 3. The van der Waals surface area contributed by atoms with E-state index in [-0.39, 0.29) is 12.5 Å². The molecule has 5 rings (SSSR count). The molecule has 220 valence electrons. The van der Waals surface area contributed by atoms with Gasteiger partial charge in [0.25, 0.3) is 11.8 Å². The van der Waals surface area contributed by atoms with E-state index in [0.29, 0.717) is 44.6 Å². The number of rotatable bonds is 8. The van der Waals surface area contributed by atoms with Crippen LogP contribution in [0.25, 0.3) is 0 Å². The molecule has 0 bridgehead atoms. The third-order valence-electron chi connectivity index (χ3n) is 7.84. The van der Waals surface area contributed by atoms with Crippen LogP contribution in [0.2, 0.25) is 15.1 Å². The Morgan fingerprint density at radius 1 is 0.929 bits per heavy atom. The van der Waals surface area contributed by atoms with E-state index >= 15 is 0 Å².